The zero-order valence-corrected chi connectivity index (χ0v) is 12.6. The molecule has 1 N–H and O–H groups in total. The Bertz CT molecular complexity index is 1030. The quantitative estimate of drug-likeness (QED) is 0.631. The minimum atomic E-state index is -0.218. The SMILES string of the molecule is Cn1ccc2c(-c3nn(Cc4ccccc4)c(=O)[nH]3)ccnc21. The molecule has 0 amide bonds. The molecular weight excluding hydrogens is 290 g/mol. The van der Waals surface area contributed by atoms with Crippen LogP contribution in [0.15, 0.2) is 59.7 Å². The molecule has 0 unspecified atom stereocenters. The van der Waals surface area contributed by atoms with Crippen LogP contribution in [-0.4, -0.2) is 24.3 Å². The number of pyridine rings is 1. The van der Waals surface area contributed by atoms with Crippen molar-refractivity contribution in [3.05, 3.63) is 70.9 Å². The van der Waals surface area contributed by atoms with Crippen molar-refractivity contribution in [3.8, 4) is 11.4 Å². The monoisotopic (exact) mass is 305 g/mol. The van der Waals surface area contributed by atoms with Gasteiger partial charge in [0.1, 0.15) is 5.65 Å². The molecule has 0 spiro atoms. The molecule has 0 aliphatic carbocycles. The number of rotatable bonds is 3. The van der Waals surface area contributed by atoms with Crippen LogP contribution < -0.4 is 5.69 Å². The Balaban J connectivity index is 1.78. The zero-order chi connectivity index (χ0) is 15.8. The van der Waals surface area contributed by atoms with Crippen molar-refractivity contribution in [2.24, 2.45) is 7.05 Å². The Hall–Kier alpha value is -3.15. The van der Waals surface area contributed by atoms with Crippen LogP contribution in [0.4, 0.5) is 0 Å². The summed E-state index contributed by atoms with van der Waals surface area (Å²) in [6.07, 6.45) is 3.67. The first-order valence-corrected chi connectivity index (χ1v) is 7.34. The number of aromatic nitrogens is 5. The van der Waals surface area contributed by atoms with E-state index in [9.17, 15) is 4.79 Å². The molecule has 3 heterocycles. The van der Waals surface area contributed by atoms with Crippen molar-refractivity contribution in [1.82, 2.24) is 24.3 Å². The van der Waals surface area contributed by atoms with E-state index in [2.05, 4.69) is 15.1 Å². The largest absolute Gasteiger partial charge is 0.343 e. The Morgan fingerprint density at radius 1 is 1.13 bits per heavy atom. The molecule has 6 nitrogen and oxygen atoms in total. The molecule has 0 atom stereocenters. The number of fused-ring (bicyclic) bond motifs is 1. The van der Waals surface area contributed by atoms with E-state index >= 15 is 0 Å². The third-order valence-electron chi connectivity index (χ3n) is 3.88. The van der Waals surface area contributed by atoms with Gasteiger partial charge in [-0.25, -0.2) is 14.5 Å². The van der Waals surface area contributed by atoms with E-state index < -0.39 is 0 Å². The Kier molecular flexibility index (Phi) is 3.08. The number of aromatic amines is 1. The number of nitrogens with zero attached hydrogens (tertiary/aromatic N) is 4. The van der Waals surface area contributed by atoms with Crippen LogP contribution in [0.5, 0.6) is 0 Å². The summed E-state index contributed by atoms with van der Waals surface area (Å²) in [5.74, 6) is 0.560. The number of hydrogen-bond donors (Lipinski definition) is 1. The molecule has 1 aromatic carbocycles. The predicted molar refractivity (Wildman–Crippen MR) is 88.1 cm³/mol. The molecule has 114 valence electrons. The summed E-state index contributed by atoms with van der Waals surface area (Å²) < 4.78 is 3.39. The average Bonchev–Trinajstić information content (AvgIpc) is 3.12. The summed E-state index contributed by atoms with van der Waals surface area (Å²) in [6.45, 7) is 0.444. The van der Waals surface area contributed by atoms with E-state index in [4.69, 9.17) is 0 Å². The summed E-state index contributed by atoms with van der Waals surface area (Å²) in [4.78, 5) is 19.4. The summed E-state index contributed by atoms with van der Waals surface area (Å²) in [6, 6.07) is 13.6. The predicted octanol–water partition coefficient (Wildman–Crippen LogP) is 2.17. The molecule has 23 heavy (non-hydrogen) atoms. The van der Waals surface area contributed by atoms with E-state index in [1.807, 2.05) is 60.3 Å². The van der Waals surface area contributed by atoms with Crippen LogP contribution in [0.25, 0.3) is 22.4 Å². The van der Waals surface area contributed by atoms with Crippen molar-refractivity contribution in [2.45, 2.75) is 6.54 Å². The fourth-order valence-electron chi connectivity index (χ4n) is 2.71. The van der Waals surface area contributed by atoms with Gasteiger partial charge in [-0.1, -0.05) is 30.3 Å². The third kappa shape index (κ3) is 2.34. The van der Waals surface area contributed by atoms with Crippen LogP contribution in [0, 0.1) is 0 Å². The maximum Gasteiger partial charge on any atom is 0.343 e. The van der Waals surface area contributed by atoms with Crippen LogP contribution in [0.3, 0.4) is 0 Å². The van der Waals surface area contributed by atoms with E-state index in [1.165, 1.54) is 4.68 Å². The summed E-state index contributed by atoms with van der Waals surface area (Å²) in [5, 5.41) is 5.41. The summed E-state index contributed by atoms with van der Waals surface area (Å²) >= 11 is 0. The molecule has 0 aliphatic rings. The fraction of sp³-hybridized carbons (Fsp3) is 0.118. The van der Waals surface area contributed by atoms with Crippen molar-refractivity contribution in [1.29, 1.82) is 0 Å². The number of hydrogen-bond acceptors (Lipinski definition) is 3. The van der Waals surface area contributed by atoms with Crippen molar-refractivity contribution in [2.75, 3.05) is 0 Å². The molecule has 0 saturated carbocycles. The molecule has 3 aromatic heterocycles. The Morgan fingerprint density at radius 3 is 2.78 bits per heavy atom. The van der Waals surface area contributed by atoms with Crippen molar-refractivity contribution < 1.29 is 0 Å². The molecule has 6 heteroatoms. The van der Waals surface area contributed by atoms with Crippen molar-refractivity contribution >= 4 is 11.0 Å². The van der Waals surface area contributed by atoms with Gasteiger partial charge in [-0.2, -0.15) is 0 Å². The second kappa shape index (κ2) is 5.24. The number of aryl methyl sites for hydroxylation is 1. The van der Waals surface area contributed by atoms with Crippen LogP contribution in [0.1, 0.15) is 5.56 Å². The maximum absolute atomic E-state index is 12.2. The molecule has 4 aromatic rings. The highest BCUT2D eigenvalue weighted by Crippen LogP contribution is 2.24. The number of benzene rings is 1. The van der Waals surface area contributed by atoms with Gasteiger partial charge in [-0.15, -0.1) is 5.10 Å². The van der Waals surface area contributed by atoms with Gasteiger partial charge < -0.3 is 4.57 Å². The second-order valence-corrected chi connectivity index (χ2v) is 5.44. The second-order valence-electron chi connectivity index (χ2n) is 5.44. The van der Waals surface area contributed by atoms with E-state index in [1.54, 1.807) is 6.20 Å². The van der Waals surface area contributed by atoms with Crippen LogP contribution in [-0.2, 0) is 13.6 Å². The number of H-pyrrole nitrogens is 1. The van der Waals surface area contributed by atoms with E-state index in [0.29, 0.717) is 12.4 Å². The first kappa shape index (κ1) is 13.5. The van der Waals surface area contributed by atoms with E-state index in [-0.39, 0.29) is 5.69 Å². The van der Waals surface area contributed by atoms with Gasteiger partial charge in [0.2, 0.25) is 0 Å². The van der Waals surface area contributed by atoms with Gasteiger partial charge in [-0.3, -0.25) is 4.98 Å². The molecular formula is C17H15N5O. The lowest BCUT2D eigenvalue weighted by molar-refractivity contribution is 0.660. The van der Waals surface area contributed by atoms with Gasteiger partial charge in [0.05, 0.1) is 6.54 Å². The van der Waals surface area contributed by atoms with Gasteiger partial charge in [0.25, 0.3) is 0 Å². The smallest absolute Gasteiger partial charge is 0.336 e. The molecule has 0 saturated heterocycles. The molecule has 0 fully saturated rings. The lowest BCUT2D eigenvalue weighted by atomic mass is 10.2. The van der Waals surface area contributed by atoms with Gasteiger partial charge in [-0.05, 0) is 17.7 Å². The molecule has 0 aliphatic heterocycles. The fourth-order valence-corrected chi connectivity index (χ4v) is 2.71. The Morgan fingerprint density at radius 2 is 1.96 bits per heavy atom. The summed E-state index contributed by atoms with van der Waals surface area (Å²) in [7, 11) is 1.94. The first-order chi connectivity index (χ1) is 11.2. The highest BCUT2D eigenvalue weighted by atomic mass is 16.1. The van der Waals surface area contributed by atoms with E-state index in [0.717, 1.165) is 22.2 Å². The lowest BCUT2D eigenvalue weighted by Gasteiger charge is -2.01. The van der Waals surface area contributed by atoms with Crippen LogP contribution >= 0.6 is 0 Å². The molecule has 0 bridgehead atoms. The van der Waals surface area contributed by atoms with Gasteiger partial charge in [0, 0.05) is 30.4 Å². The normalized spacial score (nSPS) is 11.2. The highest BCUT2D eigenvalue weighted by Gasteiger charge is 2.12. The molecule has 0 radical (unpaired) electrons. The minimum Gasteiger partial charge on any atom is -0.336 e. The van der Waals surface area contributed by atoms with Crippen molar-refractivity contribution in [3.63, 3.8) is 0 Å². The lowest BCUT2D eigenvalue weighted by Crippen LogP contribution is -2.18. The van der Waals surface area contributed by atoms with Gasteiger partial charge in [0.15, 0.2) is 5.82 Å². The highest BCUT2D eigenvalue weighted by molar-refractivity contribution is 5.91. The first-order valence-electron chi connectivity index (χ1n) is 7.34. The van der Waals surface area contributed by atoms with Gasteiger partial charge >= 0.3 is 5.69 Å². The average molecular weight is 305 g/mol. The summed E-state index contributed by atoms with van der Waals surface area (Å²) in [5.41, 5.74) is 2.55. The topological polar surface area (TPSA) is 68.5 Å². The Labute approximate surface area is 132 Å². The molecule has 4 rings (SSSR count). The minimum absolute atomic E-state index is 0.218. The zero-order valence-electron chi connectivity index (χ0n) is 12.6. The maximum atomic E-state index is 12.2. The third-order valence-corrected chi connectivity index (χ3v) is 3.88. The standard InChI is InChI=1S/C17H15N5O/c1-21-10-8-14-13(7-9-18-16(14)21)15-19-17(23)22(20-15)11-12-5-3-2-4-6-12/h2-10H,11H2,1H3,(H,19,20,23). The number of nitrogens with one attached hydrogen (secondary N) is 1. The van der Waals surface area contributed by atoms with Crippen LogP contribution in [0.2, 0.25) is 0 Å².